The molecule has 3 aromatic rings. The lowest BCUT2D eigenvalue weighted by atomic mass is 10.1. The highest BCUT2D eigenvalue weighted by Crippen LogP contribution is 2.32. The van der Waals surface area contributed by atoms with Gasteiger partial charge < -0.3 is 9.42 Å². The minimum absolute atomic E-state index is 0.0283. The summed E-state index contributed by atoms with van der Waals surface area (Å²) in [5.41, 5.74) is 3.81. The van der Waals surface area contributed by atoms with Crippen LogP contribution < -0.4 is 4.90 Å². The van der Waals surface area contributed by atoms with Crippen molar-refractivity contribution in [2.24, 2.45) is 0 Å². The number of anilines is 1. The Hall–Kier alpha value is -3.02. The van der Waals surface area contributed by atoms with Gasteiger partial charge in [0.25, 0.3) is 5.89 Å². The second-order valence-corrected chi connectivity index (χ2v) is 6.66. The Morgan fingerprint density at radius 3 is 2.65 bits per heavy atom. The molecule has 0 unspecified atom stereocenters. The van der Waals surface area contributed by atoms with Gasteiger partial charge in [0.05, 0.1) is 0 Å². The fraction of sp³-hybridized carbons (Fsp3) is 0.250. The molecular weight excluding hydrogens is 333 g/mol. The molecule has 1 fully saturated rings. The van der Waals surface area contributed by atoms with Crippen molar-refractivity contribution in [3.05, 3.63) is 65.2 Å². The number of halogens is 1. The second kappa shape index (κ2) is 6.37. The zero-order valence-electron chi connectivity index (χ0n) is 14.6. The number of carbonyl (C=O) groups is 1. The Labute approximate surface area is 150 Å². The van der Waals surface area contributed by atoms with Gasteiger partial charge in [0, 0.05) is 30.1 Å². The van der Waals surface area contributed by atoms with Gasteiger partial charge >= 0.3 is 0 Å². The van der Waals surface area contributed by atoms with Gasteiger partial charge in [-0.25, -0.2) is 4.39 Å². The van der Waals surface area contributed by atoms with Gasteiger partial charge in [-0.05, 0) is 49.7 Å². The normalized spacial score (nSPS) is 17.1. The van der Waals surface area contributed by atoms with Gasteiger partial charge in [-0.1, -0.05) is 22.9 Å². The summed E-state index contributed by atoms with van der Waals surface area (Å²) >= 11 is 0. The molecule has 0 saturated carbocycles. The minimum atomic E-state index is -0.326. The summed E-state index contributed by atoms with van der Waals surface area (Å²) in [5.74, 6) is 0.492. The van der Waals surface area contributed by atoms with Crippen LogP contribution in [0.1, 0.15) is 29.3 Å². The van der Waals surface area contributed by atoms with Crippen LogP contribution in [-0.2, 0) is 4.79 Å². The van der Waals surface area contributed by atoms with E-state index < -0.39 is 0 Å². The van der Waals surface area contributed by atoms with Crippen LogP contribution in [0.25, 0.3) is 11.5 Å². The van der Waals surface area contributed by atoms with Crippen LogP contribution in [0.4, 0.5) is 10.1 Å². The molecule has 1 saturated heterocycles. The molecule has 1 aliphatic heterocycles. The average molecular weight is 351 g/mol. The highest BCUT2D eigenvalue weighted by Gasteiger charge is 2.34. The van der Waals surface area contributed by atoms with E-state index in [2.05, 4.69) is 16.2 Å². The molecule has 0 N–H and O–H groups in total. The predicted molar refractivity (Wildman–Crippen MR) is 95.3 cm³/mol. The average Bonchev–Trinajstić information content (AvgIpc) is 3.23. The van der Waals surface area contributed by atoms with Crippen molar-refractivity contribution in [3.63, 3.8) is 0 Å². The molecule has 26 heavy (non-hydrogen) atoms. The fourth-order valence-corrected chi connectivity index (χ4v) is 3.31. The first-order chi connectivity index (χ1) is 12.5. The van der Waals surface area contributed by atoms with Gasteiger partial charge in [0.15, 0.2) is 5.82 Å². The quantitative estimate of drug-likeness (QED) is 0.715. The molecule has 0 bridgehead atoms. The summed E-state index contributed by atoms with van der Waals surface area (Å²) in [5, 5.41) is 4.09. The molecule has 1 atom stereocenters. The molecule has 2 heterocycles. The fourth-order valence-electron chi connectivity index (χ4n) is 3.31. The molecule has 2 aromatic carbocycles. The summed E-state index contributed by atoms with van der Waals surface area (Å²) in [6.07, 6.45) is 0.309. The van der Waals surface area contributed by atoms with E-state index in [1.165, 1.54) is 17.7 Å². The first-order valence-corrected chi connectivity index (χ1v) is 8.48. The van der Waals surface area contributed by atoms with Crippen molar-refractivity contribution in [1.82, 2.24) is 10.1 Å². The minimum Gasteiger partial charge on any atom is -0.334 e. The molecule has 6 heteroatoms. The third kappa shape index (κ3) is 2.98. The Morgan fingerprint density at radius 1 is 1.15 bits per heavy atom. The molecule has 4 rings (SSSR count). The van der Waals surface area contributed by atoms with Crippen molar-refractivity contribution in [2.75, 3.05) is 11.4 Å². The lowest BCUT2D eigenvalue weighted by Crippen LogP contribution is -2.24. The molecule has 1 amide bonds. The summed E-state index contributed by atoms with van der Waals surface area (Å²) in [4.78, 5) is 18.5. The third-order valence-electron chi connectivity index (χ3n) is 4.68. The topological polar surface area (TPSA) is 59.2 Å². The Balaban J connectivity index is 1.57. The Bertz CT molecular complexity index is 965. The number of hydrogen-bond acceptors (Lipinski definition) is 4. The lowest BCUT2D eigenvalue weighted by molar-refractivity contribution is -0.117. The largest absolute Gasteiger partial charge is 0.334 e. The Morgan fingerprint density at radius 2 is 1.92 bits per heavy atom. The summed E-state index contributed by atoms with van der Waals surface area (Å²) in [6, 6.07) is 11.9. The second-order valence-electron chi connectivity index (χ2n) is 6.66. The van der Waals surface area contributed by atoms with Gasteiger partial charge in [-0.15, -0.1) is 0 Å². The first kappa shape index (κ1) is 16.4. The van der Waals surface area contributed by atoms with E-state index in [0.717, 1.165) is 11.1 Å². The van der Waals surface area contributed by atoms with E-state index in [9.17, 15) is 9.18 Å². The standard InChI is InChI=1S/C20H18FN3O2/c1-12-3-8-17(13(2)9-12)20-22-19(23-26-20)14-10-18(25)24(11-14)16-6-4-15(21)5-7-16/h3-9,14H,10-11H2,1-2H3/t14-/m1/s1. The maximum atomic E-state index is 13.1. The third-order valence-corrected chi connectivity index (χ3v) is 4.68. The van der Waals surface area contributed by atoms with Crippen LogP contribution in [0, 0.1) is 19.7 Å². The van der Waals surface area contributed by atoms with Crippen molar-refractivity contribution in [3.8, 4) is 11.5 Å². The number of rotatable bonds is 3. The van der Waals surface area contributed by atoms with Crippen molar-refractivity contribution < 1.29 is 13.7 Å². The number of nitrogens with zero attached hydrogens (tertiary/aromatic N) is 3. The maximum absolute atomic E-state index is 13.1. The maximum Gasteiger partial charge on any atom is 0.258 e. The molecule has 5 nitrogen and oxygen atoms in total. The van der Waals surface area contributed by atoms with Crippen LogP contribution in [-0.4, -0.2) is 22.6 Å². The van der Waals surface area contributed by atoms with Gasteiger partial charge in [0.1, 0.15) is 5.82 Å². The van der Waals surface area contributed by atoms with Gasteiger partial charge in [-0.2, -0.15) is 4.98 Å². The number of carbonyl (C=O) groups excluding carboxylic acids is 1. The van der Waals surface area contributed by atoms with Crippen LogP contribution in [0.15, 0.2) is 47.0 Å². The van der Waals surface area contributed by atoms with Crippen LogP contribution in [0.2, 0.25) is 0 Å². The van der Waals surface area contributed by atoms with E-state index >= 15 is 0 Å². The molecule has 0 aliphatic carbocycles. The lowest BCUT2D eigenvalue weighted by Gasteiger charge is -2.15. The van der Waals surface area contributed by atoms with E-state index in [0.29, 0.717) is 30.4 Å². The molecule has 1 aromatic heterocycles. The van der Waals surface area contributed by atoms with Crippen molar-refractivity contribution in [2.45, 2.75) is 26.2 Å². The molecule has 0 spiro atoms. The van der Waals surface area contributed by atoms with Gasteiger partial charge in [0.2, 0.25) is 5.91 Å². The molecule has 132 valence electrons. The SMILES string of the molecule is Cc1ccc(-c2nc([C@@H]3CC(=O)N(c4ccc(F)cc4)C3)no2)c(C)c1. The van der Waals surface area contributed by atoms with Crippen molar-refractivity contribution in [1.29, 1.82) is 0 Å². The van der Waals surface area contributed by atoms with Crippen molar-refractivity contribution >= 4 is 11.6 Å². The number of amides is 1. The molecular formula is C20H18FN3O2. The molecule has 0 radical (unpaired) electrons. The van der Waals surface area contributed by atoms with Crippen LogP contribution in [0.3, 0.4) is 0 Å². The number of hydrogen-bond donors (Lipinski definition) is 0. The van der Waals surface area contributed by atoms with Crippen LogP contribution >= 0.6 is 0 Å². The van der Waals surface area contributed by atoms with Crippen LogP contribution in [0.5, 0.6) is 0 Å². The number of benzene rings is 2. The zero-order valence-corrected chi connectivity index (χ0v) is 14.6. The smallest absolute Gasteiger partial charge is 0.258 e. The van der Waals surface area contributed by atoms with Gasteiger partial charge in [-0.3, -0.25) is 4.79 Å². The highest BCUT2D eigenvalue weighted by atomic mass is 19.1. The summed E-state index contributed by atoms with van der Waals surface area (Å²) < 4.78 is 18.5. The number of aryl methyl sites for hydroxylation is 2. The number of aromatic nitrogens is 2. The summed E-state index contributed by atoms with van der Waals surface area (Å²) in [7, 11) is 0. The monoisotopic (exact) mass is 351 g/mol. The first-order valence-electron chi connectivity index (χ1n) is 8.48. The predicted octanol–water partition coefficient (Wildman–Crippen LogP) is 4.01. The van der Waals surface area contributed by atoms with E-state index in [1.807, 2.05) is 26.0 Å². The molecule has 1 aliphatic rings. The Kier molecular flexibility index (Phi) is 4.03. The van der Waals surface area contributed by atoms with E-state index in [-0.39, 0.29) is 17.6 Å². The summed E-state index contributed by atoms with van der Waals surface area (Å²) in [6.45, 7) is 4.49. The van der Waals surface area contributed by atoms with E-state index in [1.54, 1.807) is 17.0 Å². The zero-order chi connectivity index (χ0) is 18.3. The van der Waals surface area contributed by atoms with E-state index in [4.69, 9.17) is 4.52 Å². The highest BCUT2D eigenvalue weighted by molar-refractivity contribution is 5.96.